The fraction of sp³-hybridized carbons (Fsp3) is 0.692. The molecule has 0 bridgehead atoms. The van der Waals surface area contributed by atoms with Gasteiger partial charge in [-0.2, -0.15) is 0 Å². The number of aryl methyl sites for hydroxylation is 1. The number of nitrogens with zero attached hydrogens (tertiary/aromatic N) is 3. The van der Waals surface area contributed by atoms with Gasteiger partial charge >= 0.3 is 0 Å². The van der Waals surface area contributed by atoms with Gasteiger partial charge in [-0.05, 0) is 27.4 Å². The van der Waals surface area contributed by atoms with E-state index in [2.05, 4.69) is 22.2 Å². The molecule has 0 fully saturated rings. The third-order valence-corrected chi connectivity index (χ3v) is 2.72. The number of likely N-dealkylation sites (N-methyl/N-ethyl adjacent to an activating group) is 1. The first-order chi connectivity index (χ1) is 8.82. The van der Waals surface area contributed by atoms with Crippen molar-refractivity contribution in [3.05, 3.63) is 17.0 Å². The van der Waals surface area contributed by atoms with E-state index in [9.17, 15) is 5.11 Å². The van der Waals surface area contributed by atoms with E-state index in [1.165, 1.54) is 0 Å². The van der Waals surface area contributed by atoms with Crippen molar-refractivity contribution in [2.45, 2.75) is 32.3 Å². The van der Waals surface area contributed by atoms with Crippen LogP contribution in [-0.2, 0) is 6.42 Å². The molecular formula is C13H23ClN4O. The first kappa shape index (κ1) is 16.1. The maximum absolute atomic E-state index is 10.2. The van der Waals surface area contributed by atoms with Crippen molar-refractivity contribution in [3.8, 4) is 0 Å². The van der Waals surface area contributed by atoms with Crippen LogP contribution in [-0.4, -0.2) is 52.8 Å². The van der Waals surface area contributed by atoms with Gasteiger partial charge < -0.3 is 15.3 Å². The number of halogens is 1. The number of hydrogen-bond acceptors (Lipinski definition) is 5. The Morgan fingerprint density at radius 3 is 2.68 bits per heavy atom. The number of aliphatic hydroxyl groups is 1. The van der Waals surface area contributed by atoms with E-state index in [0.717, 1.165) is 18.7 Å². The predicted octanol–water partition coefficient (Wildman–Crippen LogP) is 1.81. The Kier molecular flexibility index (Phi) is 5.97. The molecule has 6 heteroatoms. The Hall–Kier alpha value is -0.910. The van der Waals surface area contributed by atoms with Crippen LogP contribution in [0.1, 0.15) is 26.1 Å². The van der Waals surface area contributed by atoms with Crippen molar-refractivity contribution in [2.24, 2.45) is 0 Å². The largest absolute Gasteiger partial charge is 0.387 e. The molecular weight excluding hydrogens is 264 g/mol. The zero-order valence-corrected chi connectivity index (χ0v) is 12.8. The highest BCUT2D eigenvalue weighted by Crippen LogP contribution is 2.14. The summed E-state index contributed by atoms with van der Waals surface area (Å²) in [5.74, 6) is 1.38. The summed E-state index contributed by atoms with van der Waals surface area (Å²) in [4.78, 5) is 10.5. The molecule has 0 saturated heterocycles. The molecule has 108 valence electrons. The highest BCUT2D eigenvalue weighted by molar-refractivity contribution is 6.29. The summed E-state index contributed by atoms with van der Waals surface area (Å²) in [6.45, 7) is 4.83. The molecule has 1 heterocycles. The maximum atomic E-state index is 10.2. The van der Waals surface area contributed by atoms with Crippen LogP contribution in [0.5, 0.6) is 0 Å². The van der Waals surface area contributed by atoms with Gasteiger partial charge in [0.1, 0.15) is 16.8 Å². The molecule has 0 amide bonds. The van der Waals surface area contributed by atoms with Gasteiger partial charge in [0.15, 0.2) is 0 Å². The minimum Gasteiger partial charge on any atom is -0.387 e. The van der Waals surface area contributed by atoms with Gasteiger partial charge in [0.25, 0.3) is 0 Å². The van der Waals surface area contributed by atoms with Gasteiger partial charge in [0, 0.05) is 25.6 Å². The lowest BCUT2D eigenvalue weighted by molar-refractivity contribution is 0.0459. The summed E-state index contributed by atoms with van der Waals surface area (Å²) in [5, 5.41) is 13.7. The van der Waals surface area contributed by atoms with Gasteiger partial charge in [-0.1, -0.05) is 18.5 Å². The first-order valence-electron chi connectivity index (χ1n) is 6.47. The molecule has 1 aromatic rings. The monoisotopic (exact) mass is 286 g/mol. The van der Waals surface area contributed by atoms with Crippen LogP contribution >= 0.6 is 11.6 Å². The number of nitrogens with one attached hydrogen (secondary N) is 1. The lowest BCUT2D eigenvalue weighted by Gasteiger charge is -2.27. The zero-order chi connectivity index (χ0) is 14.5. The molecule has 0 saturated carbocycles. The van der Waals surface area contributed by atoms with E-state index in [1.54, 1.807) is 13.0 Å². The van der Waals surface area contributed by atoms with Crippen LogP contribution in [0.4, 0.5) is 5.82 Å². The standard InChI is InChI=1S/C13H23ClN4O/c1-5-6-11-16-10(14)7-12(17-11)15-8-13(2,19)9-18(3)4/h7,19H,5-6,8-9H2,1-4H3,(H,15,16,17). The third-order valence-electron chi connectivity index (χ3n) is 2.52. The van der Waals surface area contributed by atoms with Crippen molar-refractivity contribution in [3.63, 3.8) is 0 Å². The predicted molar refractivity (Wildman–Crippen MR) is 78.7 cm³/mol. The molecule has 0 aliphatic carbocycles. The van der Waals surface area contributed by atoms with E-state index in [0.29, 0.717) is 24.1 Å². The molecule has 0 spiro atoms. The Labute approximate surface area is 120 Å². The number of hydrogen-bond donors (Lipinski definition) is 2. The van der Waals surface area contributed by atoms with Gasteiger partial charge in [-0.25, -0.2) is 9.97 Å². The number of anilines is 1. The van der Waals surface area contributed by atoms with Gasteiger partial charge in [0.05, 0.1) is 5.60 Å². The summed E-state index contributed by atoms with van der Waals surface area (Å²) in [6.07, 6.45) is 1.77. The lowest BCUT2D eigenvalue weighted by atomic mass is 10.1. The maximum Gasteiger partial charge on any atom is 0.134 e. The summed E-state index contributed by atoms with van der Waals surface area (Å²) >= 11 is 5.96. The van der Waals surface area contributed by atoms with Crippen LogP contribution in [0.25, 0.3) is 0 Å². The summed E-state index contributed by atoms with van der Waals surface area (Å²) in [6, 6.07) is 1.67. The molecule has 0 aromatic carbocycles. The van der Waals surface area contributed by atoms with Crippen LogP contribution in [0.2, 0.25) is 5.15 Å². The Balaban J connectivity index is 2.66. The van der Waals surface area contributed by atoms with Crippen molar-refractivity contribution in [1.29, 1.82) is 0 Å². The molecule has 0 aliphatic rings. The van der Waals surface area contributed by atoms with Gasteiger partial charge in [0.2, 0.25) is 0 Å². The summed E-state index contributed by atoms with van der Waals surface area (Å²) in [5.41, 5.74) is -0.828. The lowest BCUT2D eigenvalue weighted by Crippen LogP contribution is -2.43. The van der Waals surface area contributed by atoms with Gasteiger partial charge in [-0.15, -0.1) is 0 Å². The van der Waals surface area contributed by atoms with Crippen LogP contribution in [0, 0.1) is 0 Å². The van der Waals surface area contributed by atoms with Crippen LogP contribution in [0.3, 0.4) is 0 Å². The topological polar surface area (TPSA) is 61.3 Å². The minimum atomic E-state index is -0.828. The molecule has 5 nitrogen and oxygen atoms in total. The Morgan fingerprint density at radius 2 is 2.11 bits per heavy atom. The molecule has 1 rings (SSSR count). The number of aromatic nitrogens is 2. The molecule has 19 heavy (non-hydrogen) atoms. The molecule has 0 aliphatic heterocycles. The second-order valence-corrected chi connectivity index (χ2v) is 5.72. The van der Waals surface area contributed by atoms with Crippen LogP contribution in [0.15, 0.2) is 6.07 Å². The molecule has 1 unspecified atom stereocenters. The summed E-state index contributed by atoms with van der Waals surface area (Å²) < 4.78 is 0. The second kappa shape index (κ2) is 7.03. The smallest absolute Gasteiger partial charge is 0.134 e. The van der Waals surface area contributed by atoms with E-state index < -0.39 is 5.60 Å². The number of rotatable bonds is 7. The van der Waals surface area contributed by atoms with Crippen molar-refractivity contribution in [2.75, 3.05) is 32.5 Å². The normalized spacial score (nSPS) is 14.5. The minimum absolute atomic E-state index is 0.407. The van der Waals surface area contributed by atoms with Crippen LogP contribution < -0.4 is 5.32 Å². The van der Waals surface area contributed by atoms with E-state index >= 15 is 0 Å². The summed E-state index contributed by atoms with van der Waals surface area (Å²) in [7, 11) is 3.85. The van der Waals surface area contributed by atoms with E-state index in [-0.39, 0.29) is 0 Å². The van der Waals surface area contributed by atoms with Crippen molar-refractivity contribution in [1.82, 2.24) is 14.9 Å². The molecule has 0 radical (unpaired) electrons. The second-order valence-electron chi connectivity index (χ2n) is 5.33. The third kappa shape index (κ3) is 6.18. The SMILES string of the molecule is CCCc1nc(Cl)cc(NCC(C)(O)CN(C)C)n1. The average molecular weight is 287 g/mol. The zero-order valence-electron chi connectivity index (χ0n) is 12.1. The van der Waals surface area contributed by atoms with Crippen molar-refractivity contribution >= 4 is 17.4 Å². The molecule has 1 aromatic heterocycles. The average Bonchev–Trinajstić information content (AvgIpc) is 2.24. The van der Waals surface area contributed by atoms with Crippen molar-refractivity contribution < 1.29 is 5.11 Å². The quantitative estimate of drug-likeness (QED) is 0.749. The fourth-order valence-corrected chi connectivity index (χ4v) is 2.11. The Bertz CT molecular complexity index is 410. The first-order valence-corrected chi connectivity index (χ1v) is 6.84. The van der Waals surface area contributed by atoms with E-state index in [4.69, 9.17) is 11.6 Å². The van der Waals surface area contributed by atoms with Gasteiger partial charge in [-0.3, -0.25) is 0 Å². The molecule has 2 N–H and O–H groups in total. The highest BCUT2D eigenvalue weighted by Gasteiger charge is 2.21. The van der Waals surface area contributed by atoms with E-state index in [1.807, 2.05) is 19.0 Å². The fourth-order valence-electron chi connectivity index (χ4n) is 1.91. The molecule has 1 atom stereocenters. The highest BCUT2D eigenvalue weighted by atomic mass is 35.5. The Morgan fingerprint density at radius 1 is 1.42 bits per heavy atom.